The van der Waals surface area contributed by atoms with E-state index in [4.69, 9.17) is 4.42 Å². The molecule has 0 radical (unpaired) electrons. The Hall–Kier alpha value is -2.14. The summed E-state index contributed by atoms with van der Waals surface area (Å²) in [4.78, 5) is 26.8. The van der Waals surface area contributed by atoms with E-state index in [0.29, 0.717) is 42.1 Å². The zero-order valence-electron chi connectivity index (χ0n) is 13.2. The monoisotopic (exact) mass is 312 g/mol. The standard InChI is InChI=1S/C18H20N2O3/c1-11-2-5-16-15(6-11)18(22)12(10-23-16)9-20-13-3-4-14(20)8-19-17(21)7-13/h2,5-6,10,13-14H,3-4,7-9H2,1H3,(H,19,21)/t13-,14+/m1/s1. The maximum Gasteiger partial charge on any atom is 0.221 e. The van der Waals surface area contributed by atoms with Gasteiger partial charge in [0.15, 0.2) is 5.43 Å². The normalized spacial score (nSPS) is 24.7. The van der Waals surface area contributed by atoms with Crippen LogP contribution in [0.15, 0.2) is 33.7 Å². The predicted molar refractivity (Wildman–Crippen MR) is 87.2 cm³/mol. The first kappa shape index (κ1) is 14.5. The molecule has 2 saturated heterocycles. The number of nitrogens with zero attached hydrogens (tertiary/aromatic N) is 1. The first-order valence-corrected chi connectivity index (χ1v) is 8.15. The van der Waals surface area contributed by atoms with E-state index in [1.165, 1.54) is 0 Å². The Balaban J connectivity index is 1.69. The van der Waals surface area contributed by atoms with Gasteiger partial charge in [-0.2, -0.15) is 0 Å². The van der Waals surface area contributed by atoms with Gasteiger partial charge in [0.25, 0.3) is 0 Å². The van der Waals surface area contributed by atoms with Gasteiger partial charge in [0, 0.05) is 37.2 Å². The molecular weight excluding hydrogens is 292 g/mol. The number of nitrogens with one attached hydrogen (secondary N) is 1. The number of aryl methyl sites for hydroxylation is 1. The molecule has 0 saturated carbocycles. The van der Waals surface area contributed by atoms with Gasteiger partial charge >= 0.3 is 0 Å². The van der Waals surface area contributed by atoms with Gasteiger partial charge < -0.3 is 9.73 Å². The van der Waals surface area contributed by atoms with Gasteiger partial charge in [0.05, 0.1) is 11.6 Å². The van der Waals surface area contributed by atoms with Gasteiger partial charge in [-0.3, -0.25) is 14.5 Å². The molecule has 1 aromatic carbocycles. The van der Waals surface area contributed by atoms with Gasteiger partial charge in [0.2, 0.25) is 5.91 Å². The molecule has 2 bridgehead atoms. The van der Waals surface area contributed by atoms with Crippen molar-refractivity contribution < 1.29 is 9.21 Å². The molecule has 5 nitrogen and oxygen atoms in total. The van der Waals surface area contributed by atoms with Crippen molar-refractivity contribution in [2.75, 3.05) is 6.54 Å². The topological polar surface area (TPSA) is 62.6 Å². The highest BCUT2D eigenvalue weighted by Crippen LogP contribution is 2.29. The second kappa shape index (κ2) is 5.49. The molecule has 2 fully saturated rings. The van der Waals surface area contributed by atoms with Crippen LogP contribution in [0.5, 0.6) is 0 Å². The van der Waals surface area contributed by atoms with E-state index in [2.05, 4.69) is 10.2 Å². The molecule has 2 aliphatic rings. The van der Waals surface area contributed by atoms with Crippen LogP contribution in [-0.2, 0) is 11.3 Å². The van der Waals surface area contributed by atoms with Crippen LogP contribution in [0.25, 0.3) is 11.0 Å². The van der Waals surface area contributed by atoms with Crippen LogP contribution < -0.4 is 10.7 Å². The van der Waals surface area contributed by atoms with E-state index < -0.39 is 0 Å². The van der Waals surface area contributed by atoms with Crippen LogP contribution in [0.1, 0.15) is 30.4 Å². The van der Waals surface area contributed by atoms with Gasteiger partial charge in [-0.1, -0.05) is 11.6 Å². The summed E-state index contributed by atoms with van der Waals surface area (Å²) < 4.78 is 5.65. The fourth-order valence-electron chi connectivity index (χ4n) is 3.82. The Morgan fingerprint density at radius 1 is 1.26 bits per heavy atom. The van der Waals surface area contributed by atoms with Gasteiger partial charge in [-0.05, 0) is 31.9 Å². The lowest BCUT2D eigenvalue weighted by atomic mass is 10.1. The minimum atomic E-state index is 0.0397. The summed E-state index contributed by atoms with van der Waals surface area (Å²) in [6, 6.07) is 6.21. The molecule has 0 aliphatic carbocycles. The maximum absolute atomic E-state index is 12.8. The maximum atomic E-state index is 12.8. The van der Waals surface area contributed by atoms with Crippen molar-refractivity contribution in [3.8, 4) is 0 Å². The fraction of sp³-hybridized carbons (Fsp3) is 0.444. The summed E-state index contributed by atoms with van der Waals surface area (Å²) >= 11 is 0. The van der Waals surface area contributed by atoms with Gasteiger partial charge in [0.1, 0.15) is 5.58 Å². The second-order valence-electron chi connectivity index (χ2n) is 6.66. The molecule has 0 unspecified atom stereocenters. The van der Waals surface area contributed by atoms with E-state index in [-0.39, 0.29) is 17.4 Å². The molecular formula is C18H20N2O3. The molecule has 3 heterocycles. The summed E-state index contributed by atoms with van der Waals surface area (Å²) in [7, 11) is 0. The molecule has 2 aromatic rings. The Kier molecular flexibility index (Phi) is 3.45. The highest BCUT2D eigenvalue weighted by atomic mass is 16.3. The molecule has 120 valence electrons. The van der Waals surface area contributed by atoms with E-state index in [1.807, 2.05) is 25.1 Å². The van der Waals surface area contributed by atoms with Gasteiger partial charge in [-0.15, -0.1) is 0 Å². The quantitative estimate of drug-likeness (QED) is 0.921. The van der Waals surface area contributed by atoms with E-state index >= 15 is 0 Å². The largest absolute Gasteiger partial charge is 0.464 e. The lowest BCUT2D eigenvalue weighted by molar-refractivity contribution is -0.121. The first-order chi connectivity index (χ1) is 11.1. The Labute approximate surface area is 134 Å². The van der Waals surface area contributed by atoms with Crippen molar-refractivity contribution >= 4 is 16.9 Å². The molecule has 2 aliphatic heterocycles. The lowest BCUT2D eigenvalue weighted by Gasteiger charge is -2.26. The number of rotatable bonds is 2. The van der Waals surface area contributed by atoms with E-state index in [9.17, 15) is 9.59 Å². The lowest BCUT2D eigenvalue weighted by Crippen LogP contribution is -2.38. The Morgan fingerprint density at radius 3 is 2.96 bits per heavy atom. The molecule has 5 heteroatoms. The number of amides is 1. The average Bonchev–Trinajstić information content (AvgIpc) is 2.81. The van der Waals surface area contributed by atoms with Crippen LogP contribution in [0.3, 0.4) is 0 Å². The van der Waals surface area contributed by atoms with Crippen LogP contribution in [-0.4, -0.2) is 29.4 Å². The van der Waals surface area contributed by atoms with Crippen molar-refractivity contribution in [2.24, 2.45) is 0 Å². The fourth-order valence-corrected chi connectivity index (χ4v) is 3.82. The van der Waals surface area contributed by atoms with Gasteiger partial charge in [-0.25, -0.2) is 0 Å². The van der Waals surface area contributed by atoms with E-state index in [0.717, 1.165) is 18.4 Å². The zero-order chi connectivity index (χ0) is 16.0. The Morgan fingerprint density at radius 2 is 2.09 bits per heavy atom. The first-order valence-electron chi connectivity index (χ1n) is 8.15. The molecule has 4 rings (SSSR count). The molecule has 0 spiro atoms. The SMILES string of the molecule is Cc1ccc2occ(CN3[C@@H]4CC[C@H]3CNC(=O)C4)c(=O)c2c1. The molecule has 1 N–H and O–H groups in total. The summed E-state index contributed by atoms with van der Waals surface area (Å²) in [6.07, 6.45) is 4.20. The third-order valence-corrected chi connectivity index (χ3v) is 5.08. The number of hydrogen-bond donors (Lipinski definition) is 1. The van der Waals surface area contributed by atoms with Crippen molar-refractivity contribution in [3.05, 3.63) is 45.8 Å². The van der Waals surface area contributed by atoms with E-state index in [1.54, 1.807) is 6.26 Å². The van der Waals surface area contributed by atoms with Crippen molar-refractivity contribution in [1.29, 1.82) is 0 Å². The van der Waals surface area contributed by atoms with Crippen molar-refractivity contribution in [2.45, 2.75) is 44.8 Å². The second-order valence-corrected chi connectivity index (χ2v) is 6.66. The van der Waals surface area contributed by atoms with Crippen molar-refractivity contribution in [3.63, 3.8) is 0 Å². The van der Waals surface area contributed by atoms with Crippen LogP contribution in [0, 0.1) is 6.92 Å². The molecule has 2 atom stereocenters. The van der Waals surface area contributed by atoms with Crippen LogP contribution in [0.2, 0.25) is 0 Å². The molecule has 1 amide bonds. The summed E-state index contributed by atoms with van der Waals surface area (Å²) in [5.74, 6) is 0.114. The molecule has 1 aromatic heterocycles. The molecule has 23 heavy (non-hydrogen) atoms. The summed E-state index contributed by atoms with van der Waals surface area (Å²) in [5.41, 5.74) is 2.39. The van der Waals surface area contributed by atoms with Crippen LogP contribution in [0.4, 0.5) is 0 Å². The average molecular weight is 312 g/mol. The zero-order valence-corrected chi connectivity index (χ0v) is 13.2. The smallest absolute Gasteiger partial charge is 0.221 e. The minimum Gasteiger partial charge on any atom is -0.464 e. The van der Waals surface area contributed by atoms with Crippen molar-refractivity contribution in [1.82, 2.24) is 10.2 Å². The summed E-state index contributed by atoms with van der Waals surface area (Å²) in [5, 5.41) is 3.60. The predicted octanol–water partition coefficient (Wildman–Crippen LogP) is 1.95. The highest BCUT2D eigenvalue weighted by molar-refractivity contribution is 5.78. The summed E-state index contributed by atoms with van der Waals surface area (Å²) in [6.45, 7) is 3.20. The highest BCUT2D eigenvalue weighted by Gasteiger charge is 2.37. The third kappa shape index (κ3) is 2.55. The Bertz CT molecular complexity index is 827. The van der Waals surface area contributed by atoms with Crippen LogP contribution >= 0.6 is 0 Å². The minimum absolute atomic E-state index is 0.0397. The number of carbonyl (C=O) groups excluding carboxylic acids is 1. The number of hydrogen-bond acceptors (Lipinski definition) is 4. The number of fused-ring (bicyclic) bond motifs is 3. The third-order valence-electron chi connectivity index (χ3n) is 5.08. The number of benzene rings is 1. The number of carbonyl (C=O) groups is 1.